The highest BCUT2D eigenvalue weighted by Gasteiger charge is 1.78. The molecule has 5 heteroatoms. The molecule has 0 aliphatic rings. The van der Waals surface area contributed by atoms with Gasteiger partial charge >= 0.3 is 0 Å². The van der Waals surface area contributed by atoms with Crippen LogP contribution in [0.25, 0.3) is 0 Å². The summed E-state index contributed by atoms with van der Waals surface area (Å²) in [7, 11) is 0. The lowest BCUT2D eigenvalue weighted by molar-refractivity contribution is -0.299. The van der Waals surface area contributed by atoms with Crippen molar-refractivity contribution in [3.05, 3.63) is 12.2 Å². The van der Waals surface area contributed by atoms with Crippen LogP contribution in [0, 0.1) is 0 Å². The molecule has 0 aromatic rings. The van der Waals surface area contributed by atoms with Crippen LogP contribution in [0.3, 0.4) is 0 Å². The van der Waals surface area contributed by atoms with Crippen LogP contribution in [0.15, 0.2) is 12.2 Å². The second-order valence-corrected chi connectivity index (χ2v) is 3.13. The van der Waals surface area contributed by atoms with Crippen LogP contribution in [-0.4, -0.2) is 42.6 Å². The van der Waals surface area contributed by atoms with Crippen molar-refractivity contribution in [2.45, 2.75) is 33.6 Å². The van der Waals surface area contributed by atoms with Crippen molar-refractivity contribution in [1.82, 2.24) is 0 Å². The molecule has 0 aromatic heterocycles. The van der Waals surface area contributed by atoms with Crippen LogP contribution in [0.4, 0.5) is 0 Å². The molecule has 17 heavy (non-hydrogen) atoms. The number of aliphatic hydroxyl groups excluding tert-OH is 2. The molecule has 0 spiro atoms. The van der Waals surface area contributed by atoms with Crippen molar-refractivity contribution in [3.8, 4) is 0 Å². The van der Waals surface area contributed by atoms with Gasteiger partial charge in [-0.25, -0.2) is 0 Å². The lowest BCUT2D eigenvalue weighted by atomic mass is 10.4. The number of carboxylic acids is 1. The number of hydrogen-bond acceptors (Lipinski definition) is 5. The lowest BCUT2D eigenvalue weighted by Crippen LogP contribution is -2.22. The van der Waals surface area contributed by atoms with Gasteiger partial charge in [-0.3, -0.25) is 0 Å². The van der Waals surface area contributed by atoms with Gasteiger partial charge in [0.05, 0.1) is 19.2 Å². The highest BCUT2D eigenvalue weighted by molar-refractivity contribution is 5.82. The predicted octanol–water partition coefficient (Wildman–Crippen LogP) is 0.106. The lowest BCUT2D eigenvalue weighted by Gasteiger charge is -1.95. The van der Waals surface area contributed by atoms with E-state index >= 15 is 0 Å². The van der Waals surface area contributed by atoms with Crippen LogP contribution in [0.2, 0.25) is 0 Å². The summed E-state index contributed by atoms with van der Waals surface area (Å²) in [6.45, 7) is 10.3. The standard InChI is InChI=1S/C6H14O.C4H6O2.C2H6O2/c1-3-5-7-6-4-2;1-3(2)4(5)6;3-1-2-4/h3-6H2,1-2H3;1H2,2H3,(H,5,6);3-4H,1-2H2/p-1. The van der Waals surface area contributed by atoms with E-state index in [0.717, 1.165) is 26.1 Å². The molecule has 0 aromatic carbocycles. The van der Waals surface area contributed by atoms with Crippen molar-refractivity contribution in [2.75, 3.05) is 26.4 Å². The number of aliphatic hydroxyl groups is 2. The first-order valence-electron chi connectivity index (χ1n) is 5.64. The minimum absolute atomic E-state index is 0.0648. The monoisotopic (exact) mass is 249 g/mol. The fourth-order valence-electron chi connectivity index (χ4n) is 0.391. The SMILES string of the molecule is C=C(C)C(=O)[O-].CCCOCCC.OCCO. The van der Waals surface area contributed by atoms with E-state index in [9.17, 15) is 9.90 Å². The summed E-state index contributed by atoms with van der Waals surface area (Å²) in [5, 5.41) is 24.7. The van der Waals surface area contributed by atoms with E-state index in [1.54, 1.807) is 0 Å². The number of hydrogen-bond donors (Lipinski definition) is 2. The van der Waals surface area contributed by atoms with E-state index in [1.807, 2.05) is 0 Å². The van der Waals surface area contributed by atoms with Crippen molar-refractivity contribution in [2.24, 2.45) is 0 Å². The molecule has 0 rings (SSSR count). The average molecular weight is 249 g/mol. The van der Waals surface area contributed by atoms with E-state index < -0.39 is 5.97 Å². The quantitative estimate of drug-likeness (QED) is 0.515. The van der Waals surface area contributed by atoms with E-state index in [2.05, 4.69) is 20.4 Å². The maximum absolute atomic E-state index is 9.49. The fraction of sp³-hybridized carbons (Fsp3) is 0.750. The molecule has 0 aliphatic carbocycles. The van der Waals surface area contributed by atoms with Gasteiger partial charge in [-0.1, -0.05) is 20.4 Å². The van der Waals surface area contributed by atoms with Gasteiger partial charge in [-0.05, 0) is 25.3 Å². The van der Waals surface area contributed by atoms with Gasteiger partial charge in [-0.2, -0.15) is 0 Å². The Kier molecular flexibility index (Phi) is 25.8. The maximum Gasteiger partial charge on any atom is 0.0666 e. The Morgan fingerprint density at radius 2 is 1.47 bits per heavy atom. The first kappa shape index (κ1) is 21.4. The smallest absolute Gasteiger partial charge is 0.0666 e. The van der Waals surface area contributed by atoms with Gasteiger partial charge in [-0.15, -0.1) is 0 Å². The molecule has 5 nitrogen and oxygen atoms in total. The van der Waals surface area contributed by atoms with Crippen LogP contribution >= 0.6 is 0 Å². The van der Waals surface area contributed by atoms with Crippen LogP contribution < -0.4 is 5.11 Å². The summed E-state index contributed by atoms with van der Waals surface area (Å²) >= 11 is 0. The minimum atomic E-state index is -1.19. The molecule has 0 saturated heterocycles. The summed E-state index contributed by atoms with van der Waals surface area (Å²) < 4.78 is 5.13. The van der Waals surface area contributed by atoms with E-state index in [4.69, 9.17) is 14.9 Å². The van der Waals surface area contributed by atoms with Gasteiger partial charge < -0.3 is 24.9 Å². The van der Waals surface area contributed by atoms with Crippen LogP contribution in [0.5, 0.6) is 0 Å². The highest BCUT2D eigenvalue weighted by atomic mass is 16.5. The van der Waals surface area contributed by atoms with E-state index in [0.29, 0.717) is 0 Å². The third-order valence-electron chi connectivity index (χ3n) is 1.15. The zero-order chi connectivity index (χ0) is 14.1. The summed E-state index contributed by atoms with van der Waals surface area (Å²) in [6, 6.07) is 0. The van der Waals surface area contributed by atoms with Crippen molar-refractivity contribution >= 4 is 5.97 Å². The summed E-state index contributed by atoms with van der Waals surface area (Å²) in [5.74, 6) is -1.19. The molecule has 0 amide bonds. The minimum Gasteiger partial charge on any atom is -0.545 e. The molecular weight excluding hydrogens is 224 g/mol. The predicted molar refractivity (Wildman–Crippen MR) is 65.4 cm³/mol. The molecule has 0 aliphatic heterocycles. The van der Waals surface area contributed by atoms with E-state index in [1.165, 1.54) is 6.92 Å². The second-order valence-electron chi connectivity index (χ2n) is 3.13. The molecule has 0 atom stereocenters. The number of carbonyl (C=O) groups is 1. The Morgan fingerprint density at radius 3 is 1.59 bits per heavy atom. The topological polar surface area (TPSA) is 89.8 Å². The Labute approximate surface area is 104 Å². The summed E-state index contributed by atoms with van der Waals surface area (Å²) in [6.07, 6.45) is 2.28. The Balaban J connectivity index is -0.000000180. The number of ether oxygens (including phenoxy) is 1. The zero-order valence-corrected chi connectivity index (χ0v) is 11.1. The normalized spacial score (nSPS) is 8.29. The van der Waals surface area contributed by atoms with Gasteiger partial charge in [0, 0.05) is 13.2 Å². The molecule has 0 fully saturated rings. The Hall–Kier alpha value is -0.910. The fourth-order valence-corrected chi connectivity index (χ4v) is 0.391. The van der Waals surface area contributed by atoms with Crippen LogP contribution in [0.1, 0.15) is 33.6 Å². The summed E-state index contributed by atoms with van der Waals surface area (Å²) in [5.41, 5.74) is 0.0648. The molecule has 104 valence electrons. The Bertz CT molecular complexity index is 150. The average Bonchev–Trinajstić information content (AvgIpc) is 2.31. The number of aliphatic carboxylic acids is 1. The second kappa shape index (κ2) is 20.5. The van der Waals surface area contributed by atoms with Crippen molar-refractivity contribution in [3.63, 3.8) is 0 Å². The molecule has 2 N–H and O–H groups in total. The maximum atomic E-state index is 9.49. The first-order chi connectivity index (χ1) is 7.97. The number of carbonyl (C=O) groups excluding carboxylic acids is 1. The summed E-state index contributed by atoms with van der Waals surface area (Å²) in [4.78, 5) is 9.49. The molecule has 0 radical (unpaired) electrons. The molecular formula is C12H25O5-. The third kappa shape index (κ3) is 39.5. The van der Waals surface area contributed by atoms with Gasteiger partial charge in [0.1, 0.15) is 0 Å². The van der Waals surface area contributed by atoms with Crippen molar-refractivity contribution < 1.29 is 24.9 Å². The zero-order valence-electron chi connectivity index (χ0n) is 11.1. The third-order valence-corrected chi connectivity index (χ3v) is 1.15. The number of rotatable bonds is 6. The van der Waals surface area contributed by atoms with Crippen molar-refractivity contribution in [1.29, 1.82) is 0 Å². The Morgan fingerprint density at radius 1 is 1.18 bits per heavy atom. The van der Waals surface area contributed by atoms with Gasteiger partial charge in [0.25, 0.3) is 0 Å². The van der Waals surface area contributed by atoms with Gasteiger partial charge in [0.2, 0.25) is 0 Å². The van der Waals surface area contributed by atoms with Gasteiger partial charge in [0.15, 0.2) is 0 Å². The van der Waals surface area contributed by atoms with Crippen LogP contribution in [-0.2, 0) is 9.53 Å². The highest BCUT2D eigenvalue weighted by Crippen LogP contribution is 1.81. The first-order valence-corrected chi connectivity index (χ1v) is 5.64. The number of carboxylic acid groups (broad SMARTS) is 1. The van der Waals surface area contributed by atoms with E-state index in [-0.39, 0.29) is 18.8 Å². The molecule has 0 heterocycles. The molecule has 0 bridgehead atoms. The molecule has 0 unspecified atom stereocenters. The largest absolute Gasteiger partial charge is 0.545 e. The molecule has 0 saturated carbocycles.